The van der Waals surface area contributed by atoms with Crippen LogP contribution in [0.15, 0.2) is 21.7 Å². The molecule has 2 aromatic rings. The van der Waals surface area contributed by atoms with Gasteiger partial charge in [-0.2, -0.15) is 0 Å². The molecule has 24 heavy (non-hydrogen) atoms. The molecule has 1 amide bonds. The van der Waals surface area contributed by atoms with Gasteiger partial charge in [0.1, 0.15) is 11.3 Å². The topological polar surface area (TPSA) is 98.0 Å². The summed E-state index contributed by atoms with van der Waals surface area (Å²) in [4.78, 5) is 40.1. The molecule has 0 aliphatic carbocycles. The van der Waals surface area contributed by atoms with Gasteiger partial charge in [0.2, 0.25) is 0 Å². The van der Waals surface area contributed by atoms with E-state index in [2.05, 4.69) is 15.6 Å². The first-order valence-corrected chi connectivity index (χ1v) is 6.97. The molecule has 0 aliphatic heterocycles. The largest absolute Gasteiger partial charge is 0.351 e. The molecule has 0 aromatic carbocycles. The van der Waals surface area contributed by atoms with Crippen LogP contribution >= 0.6 is 24.8 Å². The van der Waals surface area contributed by atoms with Crippen LogP contribution in [0.1, 0.15) is 16.9 Å². The molecule has 0 bridgehead atoms. The number of carbonyl (C=O) groups excluding carboxylic acids is 1. The lowest BCUT2D eigenvalue weighted by atomic mass is 10.2. The minimum Gasteiger partial charge on any atom is -0.351 e. The molecule has 2 heterocycles. The highest BCUT2D eigenvalue weighted by molar-refractivity contribution is 5.94. The number of carbonyl (C=O) groups is 1. The number of halogens is 2. The second-order valence-corrected chi connectivity index (χ2v) is 4.99. The van der Waals surface area contributed by atoms with Gasteiger partial charge in [-0.05, 0) is 32.1 Å². The Labute approximate surface area is 151 Å². The maximum Gasteiger partial charge on any atom is 0.332 e. The van der Waals surface area contributed by atoms with Gasteiger partial charge in [0.15, 0.2) is 0 Å². The van der Waals surface area contributed by atoms with E-state index in [0.717, 1.165) is 17.5 Å². The van der Waals surface area contributed by atoms with Crippen molar-refractivity contribution in [1.29, 1.82) is 0 Å². The number of nitrogens with one attached hydrogen (secondary N) is 2. The van der Waals surface area contributed by atoms with Crippen molar-refractivity contribution in [2.75, 3.05) is 20.1 Å². The second kappa shape index (κ2) is 9.41. The molecule has 0 saturated heterocycles. The van der Waals surface area contributed by atoms with Crippen molar-refractivity contribution in [3.8, 4) is 0 Å². The van der Waals surface area contributed by atoms with Crippen molar-refractivity contribution in [1.82, 2.24) is 24.8 Å². The van der Waals surface area contributed by atoms with Gasteiger partial charge in [0.05, 0.1) is 5.39 Å². The van der Waals surface area contributed by atoms with Crippen LogP contribution in [0.3, 0.4) is 0 Å². The third-order valence-corrected chi connectivity index (χ3v) is 3.42. The van der Waals surface area contributed by atoms with Gasteiger partial charge < -0.3 is 10.6 Å². The van der Waals surface area contributed by atoms with Gasteiger partial charge in [-0.3, -0.25) is 18.7 Å². The lowest BCUT2D eigenvalue weighted by molar-refractivity contribution is 0.0948. The van der Waals surface area contributed by atoms with Crippen molar-refractivity contribution in [3.63, 3.8) is 0 Å². The maximum absolute atomic E-state index is 12.0. The van der Waals surface area contributed by atoms with E-state index in [1.165, 1.54) is 30.8 Å². The fourth-order valence-electron chi connectivity index (χ4n) is 2.14. The molecule has 0 spiro atoms. The zero-order valence-corrected chi connectivity index (χ0v) is 15.3. The van der Waals surface area contributed by atoms with Crippen LogP contribution in [-0.2, 0) is 14.1 Å². The van der Waals surface area contributed by atoms with E-state index in [4.69, 9.17) is 0 Å². The third-order valence-electron chi connectivity index (χ3n) is 3.42. The number of amides is 1. The van der Waals surface area contributed by atoms with Crippen LogP contribution in [0.25, 0.3) is 11.0 Å². The average molecular weight is 378 g/mol. The molecule has 2 rings (SSSR count). The number of aromatic nitrogens is 3. The third kappa shape index (κ3) is 4.34. The van der Waals surface area contributed by atoms with E-state index in [1.807, 2.05) is 7.05 Å². The number of hydrogen-bond acceptors (Lipinski definition) is 5. The summed E-state index contributed by atoms with van der Waals surface area (Å²) in [6.45, 7) is 1.32. The molecule has 10 heteroatoms. The molecule has 0 radical (unpaired) electrons. The Balaban J connectivity index is 0.00000264. The highest BCUT2D eigenvalue weighted by Crippen LogP contribution is 2.06. The number of pyridine rings is 1. The Hall–Kier alpha value is -1.90. The highest BCUT2D eigenvalue weighted by atomic mass is 35.5. The van der Waals surface area contributed by atoms with Crippen LogP contribution in [0.2, 0.25) is 0 Å². The van der Waals surface area contributed by atoms with E-state index in [-0.39, 0.29) is 42.1 Å². The molecule has 134 valence electrons. The number of hydrogen-bond donors (Lipinski definition) is 2. The molecule has 0 aliphatic rings. The minimum absolute atomic E-state index is 0. The number of rotatable bonds is 5. The molecule has 8 nitrogen and oxygen atoms in total. The molecule has 0 unspecified atom stereocenters. The Morgan fingerprint density at radius 2 is 1.79 bits per heavy atom. The zero-order chi connectivity index (χ0) is 16.3. The van der Waals surface area contributed by atoms with Crippen molar-refractivity contribution >= 4 is 41.8 Å². The molecule has 2 N–H and O–H groups in total. The van der Waals surface area contributed by atoms with E-state index in [0.29, 0.717) is 11.9 Å². The van der Waals surface area contributed by atoms with Crippen molar-refractivity contribution in [2.45, 2.75) is 6.42 Å². The summed E-state index contributed by atoms with van der Waals surface area (Å²) in [5, 5.41) is 6.04. The van der Waals surface area contributed by atoms with Gasteiger partial charge in [0.25, 0.3) is 11.5 Å². The Morgan fingerprint density at radius 1 is 1.12 bits per heavy atom. The highest BCUT2D eigenvalue weighted by Gasteiger charge is 2.13. The first kappa shape index (κ1) is 22.1. The molecular weight excluding hydrogens is 357 g/mol. The van der Waals surface area contributed by atoms with Crippen molar-refractivity contribution in [3.05, 3.63) is 38.7 Å². The molecule has 0 atom stereocenters. The standard InChI is InChI=1S/C14H19N5O3.2ClH/c1-15-7-4-8-16-12(20)10-6-5-9-11(17-10)18(2)14(22)19(3)13(9)21;;/h5-6,15H,4,7-8H2,1-3H3,(H,16,20);2*1H. The first-order chi connectivity index (χ1) is 10.5. The summed E-state index contributed by atoms with van der Waals surface area (Å²) >= 11 is 0. The Kier molecular flexibility index (Phi) is 8.66. The fourth-order valence-corrected chi connectivity index (χ4v) is 2.14. The lowest BCUT2D eigenvalue weighted by Crippen LogP contribution is -2.37. The van der Waals surface area contributed by atoms with Crippen LogP contribution in [0.5, 0.6) is 0 Å². The number of aryl methyl sites for hydroxylation is 1. The number of fused-ring (bicyclic) bond motifs is 1. The molecular formula is C14H21Cl2N5O3. The number of nitrogens with zero attached hydrogens (tertiary/aromatic N) is 3. The van der Waals surface area contributed by atoms with E-state index >= 15 is 0 Å². The van der Waals surface area contributed by atoms with Crippen molar-refractivity contribution < 1.29 is 4.79 Å². The van der Waals surface area contributed by atoms with Gasteiger partial charge in [-0.15, -0.1) is 24.8 Å². The summed E-state index contributed by atoms with van der Waals surface area (Å²) in [7, 11) is 4.77. The SMILES string of the molecule is CNCCCNC(=O)c1ccc2c(=O)n(C)c(=O)n(C)c2n1.Cl.Cl. The normalized spacial score (nSPS) is 9.96. The average Bonchev–Trinajstić information content (AvgIpc) is 2.54. The van der Waals surface area contributed by atoms with E-state index in [9.17, 15) is 14.4 Å². The maximum atomic E-state index is 12.0. The van der Waals surface area contributed by atoms with Crippen LogP contribution in [-0.4, -0.2) is 40.2 Å². The van der Waals surface area contributed by atoms with Crippen LogP contribution < -0.4 is 21.9 Å². The van der Waals surface area contributed by atoms with Gasteiger partial charge in [-0.25, -0.2) is 9.78 Å². The van der Waals surface area contributed by atoms with Gasteiger partial charge in [0, 0.05) is 20.6 Å². The monoisotopic (exact) mass is 377 g/mol. The van der Waals surface area contributed by atoms with E-state index < -0.39 is 11.2 Å². The fraction of sp³-hybridized carbons (Fsp3) is 0.429. The zero-order valence-electron chi connectivity index (χ0n) is 13.7. The summed E-state index contributed by atoms with van der Waals surface area (Å²) in [5.74, 6) is -0.328. The predicted molar refractivity (Wildman–Crippen MR) is 97.6 cm³/mol. The minimum atomic E-state index is -0.475. The van der Waals surface area contributed by atoms with Gasteiger partial charge in [-0.1, -0.05) is 0 Å². The van der Waals surface area contributed by atoms with Crippen LogP contribution in [0.4, 0.5) is 0 Å². The first-order valence-electron chi connectivity index (χ1n) is 6.97. The predicted octanol–water partition coefficient (Wildman–Crippen LogP) is -0.185. The summed E-state index contributed by atoms with van der Waals surface area (Å²) < 4.78 is 2.27. The second-order valence-electron chi connectivity index (χ2n) is 4.99. The van der Waals surface area contributed by atoms with E-state index in [1.54, 1.807) is 0 Å². The quantitative estimate of drug-likeness (QED) is 0.704. The summed E-state index contributed by atoms with van der Waals surface area (Å²) in [6, 6.07) is 3.01. The molecule has 0 saturated carbocycles. The smallest absolute Gasteiger partial charge is 0.332 e. The molecule has 0 fully saturated rings. The Bertz CT molecular complexity index is 831. The van der Waals surface area contributed by atoms with Crippen molar-refractivity contribution in [2.24, 2.45) is 14.1 Å². The summed E-state index contributed by atoms with van der Waals surface area (Å²) in [6.07, 6.45) is 0.800. The van der Waals surface area contributed by atoms with Crippen LogP contribution in [0, 0.1) is 0 Å². The molecule has 2 aromatic heterocycles. The summed E-state index contributed by atoms with van der Waals surface area (Å²) in [5.41, 5.74) is -0.514. The lowest BCUT2D eigenvalue weighted by Gasteiger charge is -2.08. The van der Waals surface area contributed by atoms with Gasteiger partial charge >= 0.3 is 5.69 Å². The Morgan fingerprint density at radius 3 is 2.42 bits per heavy atom.